The van der Waals surface area contributed by atoms with E-state index in [1.807, 2.05) is 37.3 Å². The Morgan fingerprint density at radius 3 is 2.28 bits per heavy atom. The lowest BCUT2D eigenvalue weighted by atomic mass is 9.95. The highest BCUT2D eigenvalue weighted by Gasteiger charge is 2.18. The molecule has 0 unspecified atom stereocenters. The van der Waals surface area contributed by atoms with Crippen LogP contribution < -0.4 is 19.8 Å². The minimum Gasteiger partial charge on any atom is -0.497 e. The van der Waals surface area contributed by atoms with Crippen LogP contribution in [0.1, 0.15) is 43.3 Å². The monoisotopic (exact) mass is 492 g/mol. The summed E-state index contributed by atoms with van der Waals surface area (Å²) < 4.78 is 21.8. The molecule has 2 aromatic heterocycles. The number of benzene rings is 2. The summed E-state index contributed by atoms with van der Waals surface area (Å²) in [5.41, 5.74) is 4.32. The van der Waals surface area contributed by atoms with Crippen molar-refractivity contribution < 1.29 is 18.9 Å². The molecule has 0 aliphatic heterocycles. The van der Waals surface area contributed by atoms with E-state index < -0.39 is 0 Å². The zero-order valence-corrected chi connectivity index (χ0v) is 21.0. The first-order chi connectivity index (χ1) is 17.0. The largest absolute Gasteiger partial charge is 0.497 e. The van der Waals surface area contributed by atoms with Crippen molar-refractivity contribution in [2.24, 2.45) is 0 Å². The van der Waals surface area contributed by atoms with E-state index in [1.54, 1.807) is 28.4 Å². The zero-order valence-electron chi connectivity index (χ0n) is 21.0. The standard InChI is InChI=1S/C28H32N2O5.CH4/c1-6-23-21-16-27(35-5)26(34-4)15-20(21)22(28(31)30-23)14-18-12-17-13-19(33-3)9-10-25(17)29-24(18)8-7-11-32-2;/h9-10,12-13,15-16H,6-8,11,14H2,1-5H3,(H,30,31);1H4. The number of hydrogen-bond acceptors (Lipinski definition) is 6. The number of aromatic amines is 1. The Bertz CT molecular complexity index is 1410. The van der Waals surface area contributed by atoms with Crippen molar-refractivity contribution in [2.45, 2.75) is 40.0 Å². The molecule has 1 N–H and O–H groups in total. The topological polar surface area (TPSA) is 82.7 Å². The van der Waals surface area contributed by atoms with E-state index in [9.17, 15) is 4.79 Å². The lowest BCUT2D eigenvalue weighted by molar-refractivity contribution is 0.195. The average Bonchev–Trinajstić information content (AvgIpc) is 2.89. The van der Waals surface area contributed by atoms with Crippen molar-refractivity contribution in [3.8, 4) is 17.2 Å². The molecular weight excluding hydrogens is 456 g/mol. The number of nitrogens with one attached hydrogen (secondary N) is 1. The van der Waals surface area contributed by atoms with Crippen molar-refractivity contribution in [2.75, 3.05) is 35.0 Å². The van der Waals surface area contributed by atoms with Gasteiger partial charge in [0.2, 0.25) is 0 Å². The Kier molecular flexibility index (Phi) is 8.93. The van der Waals surface area contributed by atoms with Gasteiger partial charge in [-0.15, -0.1) is 0 Å². The molecule has 0 aliphatic carbocycles. The van der Waals surface area contributed by atoms with Gasteiger partial charge in [-0.25, -0.2) is 0 Å². The third-order valence-electron chi connectivity index (χ3n) is 6.39. The number of nitrogens with zero attached hydrogens (tertiary/aromatic N) is 1. The summed E-state index contributed by atoms with van der Waals surface area (Å²) >= 11 is 0. The third-order valence-corrected chi connectivity index (χ3v) is 6.39. The maximum atomic E-state index is 13.3. The van der Waals surface area contributed by atoms with Crippen LogP contribution in [0.15, 0.2) is 41.2 Å². The van der Waals surface area contributed by atoms with Crippen LogP contribution in [0.4, 0.5) is 0 Å². The SMILES string of the molecule is C.CCc1[nH]c(=O)c(Cc2cc3cc(OC)ccc3nc2CCCOC)c2cc(OC)c(OC)cc12. The van der Waals surface area contributed by atoms with Gasteiger partial charge in [-0.05, 0) is 66.6 Å². The first kappa shape index (κ1) is 27.0. The van der Waals surface area contributed by atoms with E-state index in [2.05, 4.69) is 11.1 Å². The minimum absolute atomic E-state index is 0. The first-order valence-electron chi connectivity index (χ1n) is 11.8. The van der Waals surface area contributed by atoms with Gasteiger partial charge < -0.3 is 23.9 Å². The molecule has 0 radical (unpaired) electrons. The Labute approximate surface area is 212 Å². The molecule has 0 bridgehead atoms. The quantitative estimate of drug-likeness (QED) is 0.296. The molecule has 0 atom stereocenters. The highest BCUT2D eigenvalue weighted by molar-refractivity contribution is 5.91. The lowest BCUT2D eigenvalue weighted by Gasteiger charge is -2.16. The van der Waals surface area contributed by atoms with Crippen molar-refractivity contribution in [1.29, 1.82) is 0 Å². The molecule has 0 saturated carbocycles. The van der Waals surface area contributed by atoms with Gasteiger partial charge in [0.05, 0.1) is 26.8 Å². The predicted molar refractivity (Wildman–Crippen MR) is 145 cm³/mol. The predicted octanol–water partition coefficient (Wildman–Crippen LogP) is 5.47. The van der Waals surface area contributed by atoms with Crippen molar-refractivity contribution in [3.05, 3.63) is 69.3 Å². The lowest BCUT2D eigenvalue weighted by Crippen LogP contribution is -2.17. The summed E-state index contributed by atoms with van der Waals surface area (Å²) in [6, 6.07) is 11.8. The van der Waals surface area contributed by atoms with Crippen LogP contribution >= 0.6 is 0 Å². The summed E-state index contributed by atoms with van der Waals surface area (Å²) in [6.07, 6.45) is 2.73. The summed E-state index contributed by atoms with van der Waals surface area (Å²) in [4.78, 5) is 21.4. The van der Waals surface area contributed by atoms with E-state index in [0.717, 1.165) is 57.2 Å². The van der Waals surface area contributed by atoms with Crippen molar-refractivity contribution in [1.82, 2.24) is 9.97 Å². The fraction of sp³-hybridized carbons (Fsp3) is 0.379. The van der Waals surface area contributed by atoms with E-state index in [0.29, 0.717) is 36.5 Å². The average molecular weight is 493 g/mol. The molecule has 0 saturated heterocycles. The van der Waals surface area contributed by atoms with E-state index in [1.165, 1.54) is 0 Å². The van der Waals surface area contributed by atoms with Gasteiger partial charge in [0.1, 0.15) is 5.75 Å². The molecule has 0 fully saturated rings. The molecular formula is C29H36N2O5. The minimum atomic E-state index is -0.102. The number of ether oxygens (including phenoxy) is 4. The van der Waals surface area contributed by atoms with Crippen LogP contribution in [0, 0.1) is 0 Å². The van der Waals surface area contributed by atoms with Crippen molar-refractivity contribution in [3.63, 3.8) is 0 Å². The number of aromatic nitrogens is 2. The number of aryl methyl sites for hydroxylation is 2. The van der Waals surface area contributed by atoms with Gasteiger partial charge in [-0.3, -0.25) is 9.78 Å². The summed E-state index contributed by atoms with van der Waals surface area (Å²) in [7, 11) is 6.57. The second-order valence-corrected chi connectivity index (χ2v) is 8.44. The molecule has 7 nitrogen and oxygen atoms in total. The fourth-order valence-corrected chi connectivity index (χ4v) is 4.54. The van der Waals surface area contributed by atoms with Crippen LogP contribution in [0.3, 0.4) is 0 Å². The Balaban J connectivity index is 0.00000361. The highest BCUT2D eigenvalue weighted by Crippen LogP contribution is 2.35. The molecule has 4 rings (SSSR count). The van der Waals surface area contributed by atoms with Gasteiger partial charge in [-0.1, -0.05) is 14.4 Å². The molecule has 2 aromatic carbocycles. The summed E-state index contributed by atoms with van der Waals surface area (Å²) in [6.45, 7) is 2.67. The Morgan fingerprint density at radius 2 is 1.64 bits per heavy atom. The molecule has 36 heavy (non-hydrogen) atoms. The van der Waals surface area contributed by atoms with Gasteiger partial charge in [0, 0.05) is 47.9 Å². The van der Waals surface area contributed by atoms with Gasteiger partial charge in [0.25, 0.3) is 5.56 Å². The second kappa shape index (κ2) is 11.9. The second-order valence-electron chi connectivity index (χ2n) is 8.44. The summed E-state index contributed by atoms with van der Waals surface area (Å²) in [5.74, 6) is 1.99. The molecule has 4 aromatic rings. The molecule has 0 aliphatic rings. The molecule has 2 heterocycles. The number of hydrogen-bond donors (Lipinski definition) is 1. The maximum absolute atomic E-state index is 13.3. The Hall–Kier alpha value is -3.58. The zero-order chi connectivity index (χ0) is 24.9. The van der Waals surface area contributed by atoms with E-state index in [-0.39, 0.29) is 13.0 Å². The number of rotatable bonds is 10. The van der Waals surface area contributed by atoms with E-state index in [4.69, 9.17) is 23.9 Å². The smallest absolute Gasteiger partial charge is 0.252 e. The first-order valence-corrected chi connectivity index (χ1v) is 11.8. The van der Waals surface area contributed by atoms with Crippen LogP contribution in [-0.4, -0.2) is 45.0 Å². The van der Waals surface area contributed by atoms with Crippen LogP contribution in [0.5, 0.6) is 17.2 Å². The highest BCUT2D eigenvalue weighted by atomic mass is 16.5. The molecule has 7 heteroatoms. The van der Waals surface area contributed by atoms with Gasteiger partial charge >= 0.3 is 0 Å². The summed E-state index contributed by atoms with van der Waals surface area (Å²) in [5, 5.41) is 2.79. The van der Waals surface area contributed by atoms with Gasteiger partial charge in [-0.2, -0.15) is 0 Å². The normalized spacial score (nSPS) is 10.9. The van der Waals surface area contributed by atoms with Crippen LogP contribution in [0.2, 0.25) is 0 Å². The number of methoxy groups -OCH3 is 4. The molecule has 0 spiro atoms. The maximum Gasteiger partial charge on any atom is 0.252 e. The number of H-pyrrole nitrogens is 1. The van der Waals surface area contributed by atoms with Crippen LogP contribution in [0.25, 0.3) is 21.7 Å². The van der Waals surface area contributed by atoms with Crippen molar-refractivity contribution >= 4 is 21.7 Å². The Morgan fingerprint density at radius 1 is 0.917 bits per heavy atom. The number of fused-ring (bicyclic) bond motifs is 2. The van der Waals surface area contributed by atoms with Crippen LogP contribution in [-0.2, 0) is 24.0 Å². The van der Waals surface area contributed by atoms with E-state index >= 15 is 0 Å². The third kappa shape index (κ3) is 5.31. The van der Waals surface area contributed by atoms with Gasteiger partial charge in [0.15, 0.2) is 11.5 Å². The molecule has 192 valence electrons. The molecule has 0 amide bonds. The number of pyridine rings is 2. The fourth-order valence-electron chi connectivity index (χ4n) is 4.54.